The summed E-state index contributed by atoms with van der Waals surface area (Å²) in [5.41, 5.74) is 4.95. The molecule has 0 saturated heterocycles. The first-order valence-corrected chi connectivity index (χ1v) is 15.9. The molecular weight excluding hydrogens is 668 g/mol. The Morgan fingerprint density at radius 3 is 1.66 bits per heavy atom. The SMILES string of the molecule is NC(=O)CCNC(=O)CNC(=O)CNC(=O)CNC(O)CNC(=O)CCOCCOCCOCCOCCNC(=O)CCN1C(=O)C=CC1=O. The minimum Gasteiger partial charge on any atom is -0.379 e. The average molecular weight is 717 g/mol. The zero-order chi connectivity index (χ0) is 37.0. The number of nitrogens with two attached hydrogens (primary N) is 1. The number of aliphatic hydroxyl groups excluding tert-OH is 1. The third-order valence-electron chi connectivity index (χ3n) is 6.20. The van der Waals surface area contributed by atoms with Crippen LogP contribution in [-0.4, -0.2) is 162 Å². The molecule has 1 heterocycles. The number of hydrogen-bond donors (Lipinski definition) is 8. The van der Waals surface area contributed by atoms with Gasteiger partial charge in [-0.15, -0.1) is 0 Å². The summed E-state index contributed by atoms with van der Waals surface area (Å²) in [6.45, 7) is 1.35. The fourth-order valence-corrected chi connectivity index (χ4v) is 3.59. The Bertz CT molecular complexity index is 1140. The van der Waals surface area contributed by atoms with Crippen molar-refractivity contribution in [3.8, 4) is 0 Å². The van der Waals surface area contributed by atoms with E-state index in [9.17, 15) is 43.5 Å². The Morgan fingerprint density at radius 2 is 1.08 bits per heavy atom. The molecule has 9 N–H and O–H groups in total. The van der Waals surface area contributed by atoms with Gasteiger partial charge in [-0.1, -0.05) is 0 Å². The summed E-state index contributed by atoms with van der Waals surface area (Å²) in [7, 11) is 0. The van der Waals surface area contributed by atoms with Crippen LogP contribution in [0.25, 0.3) is 0 Å². The molecule has 8 amide bonds. The lowest BCUT2D eigenvalue weighted by atomic mass is 10.3. The number of imide groups is 1. The van der Waals surface area contributed by atoms with Crippen molar-refractivity contribution < 1.29 is 62.4 Å². The number of ether oxygens (including phenoxy) is 4. The van der Waals surface area contributed by atoms with E-state index in [0.29, 0.717) is 26.4 Å². The van der Waals surface area contributed by atoms with E-state index in [1.54, 1.807) is 0 Å². The topological polar surface area (TPSA) is 295 Å². The third-order valence-corrected chi connectivity index (χ3v) is 6.20. The first-order valence-electron chi connectivity index (χ1n) is 15.9. The first-order chi connectivity index (χ1) is 24.0. The molecule has 21 heteroatoms. The van der Waals surface area contributed by atoms with Crippen LogP contribution >= 0.6 is 0 Å². The van der Waals surface area contributed by atoms with Crippen LogP contribution in [0.3, 0.4) is 0 Å². The predicted molar refractivity (Wildman–Crippen MR) is 171 cm³/mol. The first kappa shape index (κ1) is 43.5. The number of nitrogens with one attached hydrogen (secondary N) is 6. The van der Waals surface area contributed by atoms with Gasteiger partial charge in [0.05, 0.1) is 79.0 Å². The molecule has 0 aliphatic carbocycles. The Labute approximate surface area is 288 Å². The van der Waals surface area contributed by atoms with Crippen LogP contribution < -0.4 is 37.6 Å². The van der Waals surface area contributed by atoms with Crippen LogP contribution in [0.15, 0.2) is 12.2 Å². The summed E-state index contributed by atoms with van der Waals surface area (Å²) < 4.78 is 21.4. The second kappa shape index (κ2) is 27.3. The molecule has 1 aliphatic heterocycles. The number of amides is 8. The van der Waals surface area contributed by atoms with E-state index < -0.39 is 48.2 Å². The van der Waals surface area contributed by atoms with Crippen LogP contribution in [0.4, 0.5) is 0 Å². The fourth-order valence-electron chi connectivity index (χ4n) is 3.59. The highest BCUT2D eigenvalue weighted by Crippen LogP contribution is 2.03. The summed E-state index contributed by atoms with van der Waals surface area (Å²) in [5, 5.41) is 24.5. The van der Waals surface area contributed by atoms with Gasteiger partial charge in [0.15, 0.2) is 0 Å². The number of carbonyl (C=O) groups excluding carboxylic acids is 8. The number of hydrogen-bond acceptors (Lipinski definition) is 14. The van der Waals surface area contributed by atoms with E-state index in [0.717, 1.165) is 4.90 Å². The Morgan fingerprint density at radius 1 is 0.600 bits per heavy atom. The molecule has 282 valence electrons. The summed E-state index contributed by atoms with van der Waals surface area (Å²) >= 11 is 0. The van der Waals surface area contributed by atoms with E-state index in [2.05, 4.69) is 31.9 Å². The van der Waals surface area contributed by atoms with Gasteiger partial charge >= 0.3 is 0 Å². The molecule has 1 rings (SSSR count). The Kier molecular flexibility index (Phi) is 23.7. The minimum atomic E-state index is -1.23. The Hall–Kier alpha value is -4.54. The minimum absolute atomic E-state index is 0.0144. The van der Waals surface area contributed by atoms with Crippen LogP contribution in [-0.2, 0) is 57.3 Å². The van der Waals surface area contributed by atoms with Gasteiger partial charge in [-0.05, 0) is 0 Å². The molecule has 0 fully saturated rings. The van der Waals surface area contributed by atoms with Crippen LogP contribution in [0, 0.1) is 0 Å². The van der Waals surface area contributed by atoms with Crippen molar-refractivity contribution in [2.45, 2.75) is 25.5 Å². The molecule has 21 nitrogen and oxygen atoms in total. The van der Waals surface area contributed by atoms with Crippen molar-refractivity contribution >= 4 is 47.3 Å². The fraction of sp³-hybridized carbons (Fsp3) is 0.655. The molecule has 1 aliphatic rings. The number of carbonyl (C=O) groups is 8. The van der Waals surface area contributed by atoms with Gasteiger partial charge in [0.1, 0.15) is 6.23 Å². The highest BCUT2D eigenvalue weighted by atomic mass is 16.6. The normalized spacial score (nSPS) is 12.8. The smallest absolute Gasteiger partial charge is 0.253 e. The zero-order valence-corrected chi connectivity index (χ0v) is 27.8. The van der Waals surface area contributed by atoms with Crippen molar-refractivity contribution in [3.63, 3.8) is 0 Å². The molecule has 0 spiro atoms. The summed E-state index contributed by atoms with van der Waals surface area (Å²) in [4.78, 5) is 93.2. The highest BCUT2D eigenvalue weighted by Gasteiger charge is 2.23. The largest absolute Gasteiger partial charge is 0.379 e. The quantitative estimate of drug-likeness (QED) is 0.0195. The lowest BCUT2D eigenvalue weighted by molar-refractivity contribution is -0.137. The molecule has 1 unspecified atom stereocenters. The molecule has 0 aromatic carbocycles. The molecule has 1 atom stereocenters. The molecule has 0 radical (unpaired) electrons. The van der Waals surface area contributed by atoms with Crippen LogP contribution in [0.1, 0.15) is 19.3 Å². The molecule has 0 bridgehead atoms. The van der Waals surface area contributed by atoms with E-state index in [4.69, 9.17) is 24.7 Å². The van der Waals surface area contributed by atoms with Gasteiger partial charge in [0.2, 0.25) is 35.4 Å². The molecule has 0 aromatic heterocycles. The molecule has 0 aromatic rings. The van der Waals surface area contributed by atoms with Crippen molar-refractivity contribution in [1.82, 2.24) is 36.8 Å². The number of aliphatic hydroxyl groups is 1. The lowest BCUT2D eigenvalue weighted by Crippen LogP contribution is -2.47. The second-order valence-electron chi connectivity index (χ2n) is 10.3. The lowest BCUT2D eigenvalue weighted by Gasteiger charge is -2.14. The predicted octanol–water partition coefficient (Wildman–Crippen LogP) is -5.88. The molecular formula is C29H48N8O13. The molecule has 0 saturated carbocycles. The number of rotatable bonds is 30. The number of nitrogens with zero attached hydrogens (tertiary/aromatic N) is 1. The maximum atomic E-state index is 11.9. The van der Waals surface area contributed by atoms with Gasteiger partial charge < -0.3 is 56.4 Å². The van der Waals surface area contributed by atoms with E-state index >= 15 is 0 Å². The van der Waals surface area contributed by atoms with Crippen LogP contribution in [0.5, 0.6) is 0 Å². The molecule has 50 heavy (non-hydrogen) atoms. The van der Waals surface area contributed by atoms with Gasteiger partial charge in [0.25, 0.3) is 11.8 Å². The van der Waals surface area contributed by atoms with Gasteiger partial charge in [-0.3, -0.25) is 48.6 Å². The highest BCUT2D eigenvalue weighted by molar-refractivity contribution is 6.13. The Balaban J connectivity index is 1.86. The summed E-state index contributed by atoms with van der Waals surface area (Å²) in [6.07, 6.45) is 1.13. The van der Waals surface area contributed by atoms with E-state index in [-0.39, 0.29) is 96.8 Å². The van der Waals surface area contributed by atoms with Crippen molar-refractivity contribution in [1.29, 1.82) is 0 Å². The standard InChI is InChI=1S/C29H48N8O13/c30-21(38)3-6-31-24(41)17-34-26(43)19-36-27(44)20-35-25(42)18-33-23(40)5-9-47-11-13-49-15-16-50-14-12-48-10-7-32-22(39)4-8-37-28(45)1-2-29(37)46/h1-2,25,35,42H,3-20H2,(H2,30,38)(H,31,41)(H,32,39)(H,33,40)(H,34,43)(H,36,44). The van der Waals surface area contributed by atoms with Gasteiger partial charge in [0, 0.05) is 51.0 Å². The number of primary amides is 1. The maximum Gasteiger partial charge on any atom is 0.253 e. The second-order valence-corrected chi connectivity index (χ2v) is 10.3. The van der Waals surface area contributed by atoms with Crippen molar-refractivity contribution in [3.05, 3.63) is 12.2 Å². The van der Waals surface area contributed by atoms with E-state index in [1.807, 2.05) is 0 Å². The summed E-state index contributed by atoms with van der Waals surface area (Å²) in [5.74, 6) is -3.85. The summed E-state index contributed by atoms with van der Waals surface area (Å²) in [6, 6.07) is 0. The third kappa shape index (κ3) is 23.7. The van der Waals surface area contributed by atoms with Gasteiger partial charge in [-0.2, -0.15) is 0 Å². The van der Waals surface area contributed by atoms with Crippen LogP contribution in [0.2, 0.25) is 0 Å². The van der Waals surface area contributed by atoms with Crippen molar-refractivity contribution in [2.75, 3.05) is 98.7 Å². The van der Waals surface area contributed by atoms with Crippen molar-refractivity contribution in [2.24, 2.45) is 5.73 Å². The monoisotopic (exact) mass is 716 g/mol. The maximum absolute atomic E-state index is 11.9. The average Bonchev–Trinajstić information content (AvgIpc) is 3.40. The van der Waals surface area contributed by atoms with Gasteiger partial charge in [-0.25, -0.2) is 0 Å². The zero-order valence-electron chi connectivity index (χ0n) is 27.8. The van der Waals surface area contributed by atoms with E-state index in [1.165, 1.54) is 12.2 Å².